The summed E-state index contributed by atoms with van der Waals surface area (Å²) in [6.45, 7) is 1.58. The first kappa shape index (κ1) is 11.9. The molecule has 1 saturated carbocycles. The summed E-state index contributed by atoms with van der Waals surface area (Å²) in [5.74, 6) is -0.616. The average Bonchev–Trinajstić information content (AvgIpc) is 2.82. The Morgan fingerprint density at radius 2 is 2.00 bits per heavy atom. The van der Waals surface area contributed by atoms with Gasteiger partial charge in [0, 0.05) is 19.1 Å². The minimum Gasteiger partial charge on any atom is -0.469 e. The zero-order chi connectivity index (χ0) is 11.5. The number of piperidine rings is 1. The van der Waals surface area contributed by atoms with Crippen molar-refractivity contribution in [3.05, 3.63) is 0 Å². The van der Waals surface area contributed by atoms with Crippen molar-refractivity contribution in [3.63, 3.8) is 0 Å². The summed E-state index contributed by atoms with van der Waals surface area (Å²) in [5, 5.41) is 9.80. The SMILES string of the molecule is COC(=O)[C@H]1CN(C2CCCC2)CC[C@H]1O. The Hall–Kier alpha value is -0.610. The third-order valence-electron chi connectivity index (χ3n) is 3.95. The van der Waals surface area contributed by atoms with Crippen LogP contribution in [-0.4, -0.2) is 48.3 Å². The third kappa shape index (κ3) is 2.38. The van der Waals surface area contributed by atoms with Crippen LogP contribution >= 0.6 is 0 Å². The standard InChI is InChI=1S/C12H21NO3/c1-16-12(15)10-8-13(7-6-11(10)14)9-4-2-3-5-9/h9-11,14H,2-8H2,1H3/t10-,11+/m0/s1. The van der Waals surface area contributed by atoms with Crippen LogP contribution < -0.4 is 0 Å². The molecule has 16 heavy (non-hydrogen) atoms. The Kier molecular flexibility index (Phi) is 3.82. The van der Waals surface area contributed by atoms with Gasteiger partial charge in [-0.1, -0.05) is 12.8 Å². The van der Waals surface area contributed by atoms with E-state index in [1.54, 1.807) is 0 Å². The Morgan fingerprint density at radius 3 is 2.62 bits per heavy atom. The van der Waals surface area contributed by atoms with Crippen LogP contribution in [0.1, 0.15) is 32.1 Å². The topological polar surface area (TPSA) is 49.8 Å². The molecule has 2 rings (SSSR count). The second-order valence-electron chi connectivity index (χ2n) is 4.92. The quantitative estimate of drug-likeness (QED) is 0.708. The Bertz CT molecular complexity index is 251. The molecule has 1 N–H and O–H groups in total. The Balaban J connectivity index is 1.95. The number of carbonyl (C=O) groups is 1. The fraction of sp³-hybridized carbons (Fsp3) is 0.917. The molecule has 4 nitrogen and oxygen atoms in total. The highest BCUT2D eigenvalue weighted by Gasteiger charge is 2.36. The lowest BCUT2D eigenvalue weighted by molar-refractivity contribution is -0.153. The number of ether oxygens (including phenoxy) is 1. The van der Waals surface area contributed by atoms with Gasteiger partial charge in [-0.15, -0.1) is 0 Å². The summed E-state index contributed by atoms with van der Waals surface area (Å²) in [6.07, 6.45) is 5.24. The van der Waals surface area contributed by atoms with E-state index in [4.69, 9.17) is 4.74 Å². The number of aliphatic hydroxyl groups is 1. The van der Waals surface area contributed by atoms with Crippen LogP contribution in [0.5, 0.6) is 0 Å². The van der Waals surface area contributed by atoms with Crippen molar-refractivity contribution >= 4 is 5.97 Å². The van der Waals surface area contributed by atoms with Crippen molar-refractivity contribution in [3.8, 4) is 0 Å². The van der Waals surface area contributed by atoms with Gasteiger partial charge in [0.05, 0.1) is 19.1 Å². The minimum atomic E-state index is -0.523. The molecule has 0 bridgehead atoms. The first-order valence-corrected chi connectivity index (χ1v) is 6.22. The summed E-state index contributed by atoms with van der Waals surface area (Å²) >= 11 is 0. The van der Waals surface area contributed by atoms with Gasteiger partial charge in [-0.25, -0.2) is 0 Å². The zero-order valence-corrected chi connectivity index (χ0v) is 9.89. The molecule has 0 radical (unpaired) electrons. The highest BCUT2D eigenvalue weighted by molar-refractivity contribution is 5.73. The lowest BCUT2D eigenvalue weighted by atomic mass is 9.93. The van der Waals surface area contributed by atoms with E-state index in [-0.39, 0.29) is 11.9 Å². The van der Waals surface area contributed by atoms with E-state index in [0.717, 1.165) is 6.54 Å². The maximum absolute atomic E-state index is 11.5. The zero-order valence-electron chi connectivity index (χ0n) is 9.89. The van der Waals surface area contributed by atoms with E-state index >= 15 is 0 Å². The smallest absolute Gasteiger partial charge is 0.312 e. The largest absolute Gasteiger partial charge is 0.469 e. The molecule has 1 aliphatic carbocycles. The number of likely N-dealkylation sites (tertiary alicyclic amines) is 1. The molecule has 0 aromatic rings. The first-order chi connectivity index (χ1) is 7.72. The van der Waals surface area contributed by atoms with Crippen LogP contribution in [0.2, 0.25) is 0 Å². The third-order valence-corrected chi connectivity index (χ3v) is 3.95. The predicted molar refractivity (Wildman–Crippen MR) is 60.0 cm³/mol. The fourth-order valence-electron chi connectivity index (χ4n) is 2.95. The van der Waals surface area contributed by atoms with Crippen LogP contribution in [0, 0.1) is 5.92 Å². The minimum absolute atomic E-state index is 0.268. The highest BCUT2D eigenvalue weighted by Crippen LogP contribution is 2.28. The molecule has 2 fully saturated rings. The fourth-order valence-corrected chi connectivity index (χ4v) is 2.95. The Morgan fingerprint density at radius 1 is 1.31 bits per heavy atom. The van der Waals surface area contributed by atoms with Crippen LogP contribution in [0.3, 0.4) is 0 Å². The number of aliphatic hydroxyl groups excluding tert-OH is 1. The molecule has 2 atom stereocenters. The van der Waals surface area contributed by atoms with E-state index in [2.05, 4.69) is 4.90 Å². The predicted octanol–water partition coefficient (Wildman–Crippen LogP) is 0.785. The molecule has 92 valence electrons. The number of esters is 1. The van der Waals surface area contributed by atoms with Crippen molar-refractivity contribution in [2.75, 3.05) is 20.2 Å². The number of methoxy groups -OCH3 is 1. The van der Waals surface area contributed by atoms with Gasteiger partial charge in [-0.3, -0.25) is 9.69 Å². The molecule has 0 spiro atoms. The number of rotatable bonds is 2. The molecule has 0 aromatic carbocycles. The van der Waals surface area contributed by atoms with Gasteiger partial charge in [-0.05, 0) is 19.3 Å². The van der Waals surface area contributed by atoms with Crippen LogP contribution in [0.4, 0.5) is 0 Å². The van der Waals surface area contributed by atoms with Gasteiger partial charge in [0.15, 0.2) is 0 Å². The average molecular weight is 227 g/mol. The number of hydrogen-bond acceptors (Lipinski definition) is 4. The van der Waals surface area contributed by atoms with Gasteiger partial charge in [-0.2, -0.15) is 0 Å². The van der Waals surface area contributed by atoms with Gasteiger partial charge in [0.25, 0.3) is 0 Å². The molecule has 1 heterocycles. The molecule has 4 heteroatoms. The second kappa shape index (κ2) is 5.15. The van der Waals surface area contributed by atoms with Crippen molar-refractivity contribution in [2.24, 2.45) is 5.92 Å². The summed E-state index contributed by atoms with van der Waals surface area (Å²) < 4.78 is 4.75. The summed E-state index contributed by atoms with van der Waals surface area (Å²) in [7, 11) is 1.39. The normalized spacial score (nSPS) is 32.9. The molecule has 2 aliphatic rings. The first-order valence-electron chi connectivity index (χ1n) is 6.22. The second-order valence-corrected chi connectivity index (χ2v) is 4.92. The van der Waals surface area contributed by atoms with Crippen molar-refractivity contribution in [1.29, 1.82) is 0 Å². The molecular weight excluding hydrogens is 206 g/mol. The summed E-state index contributed by atoms with van der Waals surface area (Å²) in [4.78, 5) is 13.9. The van der Waals surface area contributed by atoms with Crippen LogP contribution in [0.25, 0.3) is 0 Å². The van der Waals surface area contributed by atoms with Crippen LogP contribution in [0.15, 0.2) is 0 Å². The number of nitrogens with zero attached hydrogens (tertiary/aromatic N) is 1. The van der Waals surface area contributed by atoms with Gasteiger partial charge >= 0.3 is 5.97 Å². The van der Waals surface area contributed by atoms with Crippen molar-refractivity contribution in [2.45, 2.75) is 44.2 Å². The van der Waals surface area contributed by atoms with Gasteiger partial charge in [0.2, 0.25) is 0 Å². The van der Waals surface area contributed by atoms with Gasteiger partial charge in [0.1, 0.15) is 0 Å². The van der Waals surface area contributed by atoms with E-state index in [9.17, 15) is 9.90 Å². The molecule has 1 saturated heterocycles. The molecule has 0 unspecified atom stereocenters. The lowest BCUT2D eigenvalue weighted by Crippen LogP contribution is -2.49. The Labute approximate surface area is 96.6 Å². The van der Waals surface area contributed by atoms with E-state index in [0.29, 0.717) is 19.0 Å². The van der Waals surface area contributed by atoms with E-state index in [1.165, 1.54) is 32.8 Å². The van der Waals surface area contributed by atoms with Crippen molar-refractivity contribution < 1.29 is 14.6 Å². The lowest BCUT2D eigenvalue weighted by Gasteiger charge is -2.38. The summed E-state index contributed by atoms with van der Waals surface area (Å²) in [5.41, 5.74) is 0. The summed E-state index contributed by atoms with van der Waals surface area (Å²) in [6, 6.07) is 0.625. The molecular formula is C12H21NO3. The number of hydrogen-bond donors (Lipinski definition) is 1. The highest BCUT2D eigenvalue weighted by atomic mass is 16.5. The van der Waals surface area contributed by atoms with Crippen molar-refractivity contribution in [1.82, 2.24) is 4.90 Å². The van der Waals surface area contributed by atoms with Gasteiger partial charge < -0.3 is 9.84 Å². The monoisotopic (exact) mass is 227 g/mol. The maximum Gasteiger partial charge on any atom is 0.312 e. The van der Waals surface area contributed by atoms with E-state index < -0.39 is 6.10 Å². The maximum atomic E-state index is 11.5. The number of carbonyl (C=O) groups excluding carboxylic acids is 1. The van der Waals surface area contributed by atoms with E-state index in [1.807, 2.05) is 0 Å². The molecule has 0 aromatic heterocycles. The molecule has 0 amide bonds. The molecule has 1 aliphatic heterocycles. The van der Waals surface area contributed by atoms with Crippen LogP contribution in [-0.2, 0) is 9.53 Å².